The lowest BCUT2D eigenvalue weighted by molar-refractivity contribution is -0.142. The van der Waals surface area contributed by atoms with Crippen LogP contribution in [0.25, 0.3) is 16.8 Å². The lowest BCUT2D eigenvalue weighted by Gasteiger charge is -2.32. The quantitative estimate of drug-likeness (QED) is 0.308. The first kappa shape index (κ1) is 37.1. The van der Waals surface area contributed by atoms with Crippen molar-refractivity contribution in [2.75, 3.05) is 26.2 Å². The standard InChI is InChI=1S/C38H44N6O9S/c1-2-32(45)43-17-7-3-6-10-26-21-38(26,36(48)42-54(50,51)28-13-14-28)41-33(46)31-20-27-22-44(31)35(47)30(23-43)40-37(49)52-18-8-4-5-9-24-11-12-25-15-16-39-34(53-27)29(25)19-24/h2,5-6,9-12,15-16,19,26-28,30-31H,1,3-4,7-8,13-14,17-18,20-23H2,(H,40,49)(H,41,46)(H,42,48)/b9-5+,10-6-/t26-,27+,30-,31-,38+/m0/s1. The van der Waals surface area contributed by atoms with Gasteiger partial charge in [0.2, 0.25) is 33.6 Å². The van der Waals surface area contributed by atoms with Crippen molar-refractivity contribution in [2.24, 2.45) is 5.92 Å². The summed E-state index contributed by atoms with van der Waals surface area (Å²) in [5, 5.41) is 6.42. The van der Waals surface area contributed by atoms with Gasteiger partial charge in [0.15, 0.2) is 0 Å². The molecule has 3 aliphatic heterocycles. The molecule has 15 nitrogen and oxygen atoms in total. The zero-order chi connectivity index (χ0) is 38.0. The number of amides is 5. The normalized spacial score (nSPS) is 29.1. The van der Waals surface area contributed by atoms with E-state index in [9.17, 15) is 32.4 Å². The number of allylic oxidation sites excluding steroid dienone is 2. The molecular weight excluding hydrogens is 717 g/mol. The Bertz CT molecular complexity index is 2030. The summed E-state index contributed by atoms with van der Waals surface area (Å²) < 4.78 is 39.8. The molecular formula is C38H44N6O9S. The first-order valence-electron chi connectivity index (χ1n) is 18.4. The molecule has 5 aliphatic rings. The number of sulfonamides is 1. The van der Waals surface area contributed by atoms with Crippen LogP contribution in [0.15, 0.2) is 61.3 Å². The highest BCUT2D eigenvalue weighted by Gasteiger charge is 2.62. The Hall–Kier alpha value is -5.25. The van der Waals surface area contributed by atoms with Gasteiger partial charge in [-0.2, -0.15) is 0 Å². The fraction of sp³-hybridized carbons (Fsp3) is 0.474. The van der Waals surface area contributed by atoms with Crippen LogP contribution in [0.2, 0.25) is 0 Å². The number of ether oxygens (including phenoxy) is 2. The van der Waals surface area contributed by atoms with E-state index in [0.717, 1.165) is 22.4 Å². The van der Waals surface area contributed by atoms with Gasteiger partial charge >= 0.3 is 6.09 Å². The van der Waals surface area contributed by atoms with Gasteiger partial charge in [-0.15, -0.1) is 0 Å². The Labute approximate surface area is 313 Å². The fourth-order valence-corrected chi connectivity index (χ4v) is 8.68. The molecule has 3 fully saturated rings. The molecule has 0 radical (unpaired) electrons. The van der Waals surface area contributed by atoms with E-state index < -0.39 is 74.6 Å². The average molecular weight is 761 g/mol. The van der Waals surface area contributed by atoms with E-state index in [0.29, 0.717) is 44.4 Å². The molecule has 1 aromatic heterocycles. The van der Waals surface area contributed by atoms with E-state index in [2.05, 4.69) is 26.9 Å². The van der Waals surface area contributed by atoms with E-state index >= 15 is 0 Å². The maximum Gasteiger partial charge on any atom is 0.407 e. The SMILES string of the molecule is C=CC(=O)N1CCC/C=C\[C@H]2C[C@@]2(C(=O)NS(=O)(=O)C2CC2)NC(=O)[C@@H]2C[C@@H]3CN2C(=O)[C@H](C1)NC(=O)OCCC/C=C/c1ccc2ccnc(c2c1)O3. The van der Waals surface area contributed by atoms with Crippen LogP contribution in [0.1, 0.15) is 56.9 Å². The summed E-state index contributed by atoms with van der Waals surface area (Å²) in [6, 6.07) is 5.16. The van der Waals surface area contributed by atoms with Crippen molar-refractivity contribution in [3.05, 3.63) is 66.9 Å². The van der Waals surface area contributed by atoms with E-state index in [-0.39, 0.29) is 39.1 Å². The van der Waals surface area contributed by atoms with Crippen molar-refractivity contribution in [3.8, 4) is 5.88 Å². The lowest BCUT2D eigenvalue weighted by Crippen LogP contribution is -2.60. The average Bonchev–Trinajstić information content (AvgIpc) is 4.08. The van der Waals surface area contributed by atoms with E-state index in [1.165, 1.54) is 9.80 Å². The lowest BCUT2D eigenvalue weighted by atomic mass is 10.1. The van der Waals surface area contributed by atoms with Crippen molar-refractivity contribution >= 4 is 56.6 Å². The maximum absolute atomic E-state index is 14.6. The summed E-state index contributed by atoms with van der Waals surface area (Å²) in [4.78, 5) is 76.2. The van der Waals surface area contributed by atoms with Crippen LogP contribution in [0.4, 0.5) is 4.79 Å². The number of carbonyl (C=O) groups is 5. The minimum atomic E-state index is -3.93. The second-order valence-corrected chi connectivity index (χ2v) is 16.4. The molecule has 2 aliphatic carbocycles. The second kappa shape index (κ2) is 15.2. The fourth-order valence-electron chi connectivity index (χ4n) is 7.31. The molecule has 16 heteroatoms. The summed E-state index contributed by atoms with van der Waals surface area (Å²) in [5.74, 6) is -2.86. The zero-order valence-electron chi connectivity index (χ0n) is 29.8. The largest absolute Gasteiger partial charge is 0.472 e. The highest BCUT2D eigenvalue weighted by molar-refractivity contribution is 7.91. The Kier molecular flexibility index (Phi) is 10.5. The van der Waals surface area contributed by atoms with Crippen LogP contribution in [0.5, 0.6) is 5.88 Å². The van der Waals surface area contributed by atoms with Gasteiger partial charge in [-0.3, -0.25) is 23.9 Å². The number of cyclic esters (lactones) is 1. The number of rotatable bonds is 4. The third kappa shape index (κ3) is 7.98. The molecule has 5 amide bonds. The van der Waals surface area contributed by atoms with Gasteiger partial charge < -0.3 is 29.9 Å². The summed E-state index contributed by atoms with van der Waals surface area (Å²) in [5.41, 5.74) is -0.668. The molecule has 1 aromatic carbocycles. The molecule has 2 aromatic rings. The molecule has 5 bridgehead atoms. The number of nitrogens with zero attached hydrogens (tertiary/aromatic N) is 3. The van der Waals surface area contributed by atoms with E-state index in [4.69, 9.17) is 9.47 Å². The molecule has 1 saturated heterocycles. The number of pyridine rings is 1. The van der Waals surface area contributed by atoms with Crippen LogP contribution < -0.4 is 20.1 Å². The predicted octanol–water partition coefficient (Wildman–Crippen LogP) is 2.33. The van der Waals surface area contributed by atoms with Crippen LogP contribution >= 0.6 is 0 Å². The summed E-state index contributed by atoms with van der Waals surface area (Å²) in [6.07, 6.45) is 11.7. The minimum Gasteiger partial charge on any atom is -0.472 e. The van der Waals surface area contributed by atoms with Gasteiger partial charge in [0.05, 0.1) is 24.9 Å². The first-order chi connectivity index (χ1) is 26.0. The van der Waals surface area contributed by atoms with E-state index in [1.807, 2.05) is 42.5 Å². The number of hydrogen-bond donors (Lipinski definition) is 3. The van der Waals surface area contributed by atoms with Gasteiger partial charge in [-0.05, 0) is 74.1 Å². The molecule has 0 unspecified atom stereocenters. The Morgan fingerprint density at radius 1 is 1.07 bits per heavy atom. The third-order valence-electron chi connectivity index (χ3n) is 10.5. The highest BCUT2D eigenvalue weighted by Crippen LogP contribution is 2.46. The molecule has 0 spiro atoms. The predicted molar refractivity (Wildman–Crippen MR) is 197 cm³/mol. The minimum absolute atomic E-state index is 0.0136. The highest BCUT2D eigenvalue weighted by atomic mass is 32.2. The number of nitrogens with one attached hydrogen (secondary N) is 3. The van der Waals surface area contributed by atoms with E-state index in [1.54, 1.807) is 12.3 Å². The van der Waals surface area contributed by atoms with Crippen molar-refractivity contribution in [3.63, 3.8) is 0 Å². The third-order valence-corrected chi connectivity index (χ3v) is 12.4. The van der Waals surface area contributed by atoms with Crippen molar-refractivity contribution in [2.45, 2.75) is 80.3 Å². The van der Waals surface area contributed by atoms with Crippen molar-refractivity contribution in [1.82, 2.24) is 30.1 Å². The monoisotopic (exact) mass is 760 g/mol. The van der Waals surface area contributed by atoms with Crippen LogP contribution in [-0.4, -0.2) is 108 Å². The first-order valence-corrected chi connectivity index (χ1v) is 19.9. The van der Waals surface area contributed by atoms with Gasteiger partial charge in [0, 0.05) is 30.5 Å². The molecule has 54 heavy (non-hydrogen) atoms. The van der Waals surface area contributed by atoms with Crippen LogP contribution in [0, 0.1) is 5.92 Å². The molecule has 286 valence electrons. The van der Waals surface area contributed by atoms with Gasteiger partial charge in [-0.25, -0.2) is 18.2 Å². The van der Waals surface area contributed by atoms with Crippen LogP contribution in [-0.2, 0) is 33.9 Å². The summed E-state index contributed by atoms with van der Waals surface area (Å²) in [7, 11) is -3.93. The maximum atomic E-state index is 14.6. The molecule has 4 heterocycles. The van der Waals surface area contributed by atoms with Gasteiger partial charge in [0.1, 0.15) is 23.7 Å². The van der Waals surface area contributed by atoms with Crippen molar-refractivity contribution < 1.29 is 41.9 Å². The number of alkyl carbamates (subject to hydrolysis) is 1. The topological polar surface area (TPSA) is 193 Å². The molecule has 5 atom stereocenters. The van der Waals surface area contributed by atoms with Crippen molar-refractivity contribution in [1.29, 1.82) is 0 Å². The number of fused-ring (bicyclic) bond motifs is 4. The van der Waals surface area contributed by atoms with Gasteiger partial charge in [0.25, 0.3) is 5.91 Å². The van der Waals surface area contributed by atoms with Crippen LogP contribution in [0.3, 0.4) is 0 Å². The Balaban J connectivity index is 1.27. The Morgan fingerprint density at radius 2 is 1.89 bits per heavy atom. The van der Waals surface area contributed by atoms with Gasteiger partial charge in [-0.1, -0.05) is 43.0 Å². The zero-order valence-corrected chi connectivity index (χ0v) is 30.6. The molecule has 7 rings (SSSR count). The summed E-state index contributed by atoms with van der Waals surface area (Å²) >= 11 is 0. The number of carbonyl (C=O) groups excluding carboxylic acids is 5. The number of benzene rings is 1. The molecule has 3 N–H and O–H groups in total. The Morgan fingerprint density at radius 3 is 2.69 bits per heavy atom. The summed E-state index contributed by atoms with van der Waals surface area (Å²) in [6.45, 7) is 3.55. The smallest absolute Gasteiger partial charge is 0.407 e. The number of aromatic nitrogens is 1. The molecule has 2 saturated carbocycles. The number of hydrogen-bond acceptors (Lipinski definition) is 10. The second-order valence-electron chi connectivity index (χ2n) is 14.5.